The Bertz CT molecular complexity index is 592. The van der Waals surface area contributed by atoms with Gasteiger partial charge in [0.1, 0.15) is 5.75 Å². The van der Waals surface area contributed by atoms with Crippen LogP contribution in [0.3, 0.4) is 0 Å². The van der Waals surface area contributed by atoms with Gasteiger partial charge in [0.15, 0.2) is 0 Å². The lowest BCUT2D eigenvalue weighted by Crippen LogP contribution is -1.86. The molecule has 0 heterocycles. The molecule has 0 bridgehead atoms. The van der Waals surface area contributed by atoms with Crippen LogP contribution in [-0.2, 0) is 6.42 Å². The van der Waals surface area contributed by atoms with Crippen molar-refractivity contribution in [3.63, 3.8) is 0 Å². The first-order chi connectivity index (χ1) is 12.2. The Morgan fingerprint density at radius 1 is 0.680 bits per heavy atom. The third-order valence-corrected chi connectivity index (χ3v) is 4.83. The van der Waals surface area contributed by atoms with E-state index in [9.17, 15) is 5.11 Å². The normalized spacial score (nSPS) is 11.0. The number of benzene rings is 2. The SMILES string of the molecule is CCCCCCCCCCCc1ccc(O)cc1.Cc1cc2cc-2c1. The highest BCUT2D eigenvalue weighted by Gasteiger charge is 2.10. The third kappa shape index (κ3) is 8.25. The molecule has 1 heteroatoms. The summed E-state index contributed by atoms with van der Waals surface area (Å²) in [4.78, 5) is 0. The predicted molar refractivity (Wildman–Crippen MR) is 109 cm³/mol. The Kier molecular flexibility index (Phi) is 8.59. The summed E-state index contributed by atoms with van der Waals surface area (Å²) in [5.74, 6) is 0.367. The number of aryl methyl sites for hydroxylation is 2. The zero-order chi connectivity index (χ0) is 17.9. The number of fused-ring (bicyclic) bond motifs is 1. The second-order valence-electron chi connectivity index (χ2n) is 7.33. The highest BCUT2D eigenvalue weighted by atomic mass is 16.3. The summed E-state index contributed by atoms with van der Waals surface area (Å²) < 4.78 is 0. The van der Waals surface area contributed by atoms with Crippen LogP contribution in [0.25, 0.3) is 11.1 Å². The lowest BCUT2D eigenvalue weighted by atomic mass is 10.0. The fourth-order valence-corrected chi connectivity index (χ4v) is 3.22. The minimum atomic E-state index is 0.367. The summed E-state index contributed by atoms with van der Waals surface area (Å²) in [6, 6.07) is 14.2. The van der Waals surface area contributed by atoms with E-state index in [2.05, 4.69) is 32.0 Å². The van der Waals surface area contributed by atoms with Crippen LogP contribution in [0.15, 0.2) is 42.5 Å². The van der Waals surface area contributed by atoms with E-state index in [-0.39, 0.29) is 0 Å². The summed E-state index contributed by atoms with van der Waals surface area (Å²) in [6.45, 7) is 4.39. The molecule has 3 rings (SSSR count). The minimum absolute atomic E-state index is 0.367. The molecule has 0 fully saturated rings. The van der Waals surface area contributed by atoms with Gasteiger partial charge in [0.05, 0.1) is 0 Å². The number of hydrogen-bond donors (Lipinski definition) is 1. The van der Waals surface area contributed by atoms with Crippen molar-refractivity contribution in [1.29, 1.82) is 0 Å². The number of phenols is 1. The second-order valence-corrected chi connectivity index (χ2v) is 7.33. The van der Waals surface area contributed by atoms with Gasteiger partial charge in [-0.2, -0.15) is 0 Å². The first-order valence-electron chi connectivity index (χ1n) is 10.1. The highest BCUT2D eigenvalue weighted by Crippen LogP contribution is 2.35. The number of hydrogen-bond acceptors (Lipinski definition) is 1. The molecular weight excluding hydrogens is 304 g/mol. The average Bonchev–Trinajstić information content (AvgIpc) is 3.22. The van der Waals surface area contributed by atoms with Crippen LogP contribution in [0.2, 0.25) is 0 Å². The van der Waals surface area contributed by atoms with Crippen molar-refractivity contribution in [2.75, 3.05) is 0 Å². The molecule has 1 aromatic carbocycles. The standard InChI is InChI=1S/C17H28O.C7H6/c1-2-3-4-5-6-7-8-9-10-11-16-12-14-17(18)15-13-16;1-5-2-6-4-7(6)3-5/h12-15,18H,2-11H2,1H3;2-4H,1H3. The summed E-state index contributed by atoms with van der Waals surface area (Å²) in [5.41, 5.74) is 5.62. The molecule has 0 saturated heterocycles. The lowest BCUT2D eigenvalue weighted by molar-refractivity contribution is 0.475. The van der Waals surface area contributed by atoms with Crippen LogP contribution in [0.5, 0.6) is 5.75 Å². The zero-order valence-corrected chi connectivity index (χ0v) is 16.1. The number of phenolic OH excluding ortho intramolecular Hbond substituents is 1. The van der Waals surface area contributed by atoms with Gasteiger partial charge >= 0.3 is 0 Å². The van der Waals surface area contributed by atoms with E-state index in [0.717, 1.165) is 6.42 Å². The minimum Gasteiger partial charge on any atom is -0.508 e. The molecule has 25 heavy (non-hydrogen) atoms. The van der Waals surface area contributed by atoms with Gasteiger partial charge in [-0.05, 0) is 60.2 Å². The summed E-state index contributed by atoms with van der Waals surface area (Å²) in [6.07, 6.45) is 13.6. The molecule has 0 amide bonds. The molecular formula is C24H34O. The average molecular weight is 339 g/mol. The largest absolute Gasteiger partial charge is 0.508 e. The molecule has 0 aliphatic heterocycles. The van der Waals surface area contributed by atoms with Crippen LogP contribution in [0, 0.1) is 6.92 Å². The molecule has 0 radical (unpaired) electrons. The van der Waals surface area contributed by atoms with Crippen molar-refractivity contribution in [2.45, 2.75) is 78.1 Å². The van der Waals surface area contributed by atoms with Crippen molar-refractivity contribution in [1.82, 2.24) is 0 Å². The molecule has 0 saturated carbocycles. The predicted octanol–water partition coefficient (Wildman–Crippen LogP) is 7.44. The summed E-state index contributed by atoms with van der Waals surface area (Å²) in [5, 5.41) is 9.19. The van der Waals surface area contributed by atoms with Crippen LogP contribution in [0.1, 0.15) is 75.8 Å². The Labute approximate surface area is 154 Å². The quantitative estimate of drug-likeness (QED) is 0.381. The van der Waals surface area contributed by atoms with Gasteiger partial charge in [-0.1, -0.05) is 82.6 Å². The van der Waals surface area contributed by atoms with E-state index in [1.54, 1.807) is 12.1 Å². The lowest BCUT2D eigenvalue weighted by Gasteiger charge is -2.03. The second kappa shape index (κ2) is 11.0. The first-order valence-corrected chi connectivity index (χ1v) is 10.1. The molecule has 0 spiro atoms. The first kappa shape index (κ1) is 19.6. The molecule has 0 unspecified atom stereocenters. The van der Waals surface area contributed by atoms with Gasteiger partial charge in [0.2, 0.25) is 0 Å². The highest BCUT2D eigenvalue weighted by molar-refractivity contribution is 5.82. The van der Waals surface area contributed by atoms with Gasteiger partial charge in [0, 0.05) is 0 Å². The van der Waals surface area contributed by atoms with Gasteiger partial charge in [-0.25, -0.2) is 0 Å². The number of rotatable bonds is 10. The van der Waals surface area contributed by atoms with Gasteiger partial charge in [0.25, 0.3) is 0 Å². The molecule has 2 aliphatic rings. The maximum atomic E-state index is 9.19. The molecule has 1 aromatic rings. The van der Waals surface area contributed by atoms with E-state index in [1.807, 2.05) is 12.1 Å². The smallest absolute Gasteiger partial charge is 0.115 e. The molecule has 136 valence electrons. The van der Waals surface area contributed by atoms with E-state index in [4.69, 9.17) is 0 Å². The molecule has 0 aromatic heterocycles. The van der Waals surface area contributed by atoms with Crippen molar-refractivity contribution in [2.24, 2.45) is 0 Å². The fraction of sp³-hybridized carbons (Fsp3) is 0.500. The van der Waals surface area contributed by atoms with Gasteiger partial charge < -0.3 is 5.11 Å². The number of aromatic hydroxyl groups is 1. The van der Waals surface area contributed by atoms with Crippen molar-refractivity contribution >= 4 is 0 Å². The molecule has 0 atom stereocenters. The maximum Gasteiger partial charge on any atom is 0.115 e. The van der Waals surface area contributed by atoms with Crippen LogP contribution < -0.4 is 0 Å². The Morgan fingerprint density at radius 3 is 1.68 bits per heavy atom. The van der Waals surface area contributed by atoms with E-state index < -0.39 is 0 Å². The fourth-order valence-electron chi connectivity index (χ4n) is 3.22. The van der Waals surface area contributed by atoms with Gasteiger partial charge in [-0.3, -0.25) is 0 Å². The van der Waals surface area contributed by atoms with E-state index in [0.29, 0.717) is 5.75 Å². The van der Waals surface area contributed by atoms with Crippen molar-refractivity contribution in [3.05, 3.63) is 53.6 Å². The van der Waals surface area contributed by atoms with Crippen LogP contribution in [-0.4, -0.2) is 5.11 Å². The summed E-state index contributed by atoms with van der Waals surface area (Å²) in [7, 11) is 0. The molecule has 2 aliphatic carbocycles. The van der Waals surface area contributed by atoms with Crippen molar-refractivity contribution in [3.8, 4) is 16.9 Å². The third-order valence-electron chi connectivity index (χ3n) is 4.83. The molecule has 1 nitrogen and oxygen atoms in total. The van der Waals surface area contributed by atoms with Crippen LogP contribution >= 0.6 is 0 Å². The van der Waals surface area contributed by atoms with E-state index >= 15 is 0 Å². The topological polar surface area (TPSA) is 20.2 Å². The van der Waals surface area contributed by atoms with E-state index in [1.165, 1.54) is 80.0 Å². The number of unbranched alkanes of at least 4 members (excludes halogenated alkanes) is 8. The van der Waals surface area contributed by atoms with Crippen molar-refractivity contribution < 1.29 is 5.11 Å². The Hall–Kier alpha value is -1.76. The summed E-state index contributed by atoms with van der Waals surface area (Å²) >= 11 is 0. The molecule has 1 N–H and O–H groups in total. The Morgan fingerprint density at radius 2 is 1.20 bits per heavy atom. The monoisotopic (exact) mass is 338 g/mol. The zero-order valence-electron chi connectivity index (χ0n) is 16.1. The van der Waals surface area contributed by atoms with Crippen LogP contribution in [0.4, 0.5) is 0 Å². The maximum absolute atomic E-state index is 9.19. The Balaban J connectivity index is 0.000000261. The van der Waals surface area contributed by atoms with Gasteiger partial charge in [-0.15, -0.1) is 0 Å².